The molecule has 1 amide bonds. The Morgan fingerprint density at radius 1 is 1.29 bits per heavy atom. The summed E-state index contributed by atoms with van der Waals surface area (Å²) in [5.41, 5.74) is 3.22. The van der Waals surface area contributed by atoms with Crippen molar-refractivity contribution in [2.75, 3.05) is 10.6 Å². The molecule has 1 aromatic carbocycles. The Morgan fingerprint density at radius 2 is 2.05 bits per heavy atom. The number of hydrogen-bond donors (Lipinski definition) is 2. The summed E-state index contributed by atoms with van der Waals surface area (Å²) in [5.74, 6) is 0.378. The number of carbonyl (C=O) groups excluding carboxylic acids is 1. The van der Waals surface area contributed by atoms with Gasteiger partial charge in [0.15, 0.2) is 0 Å². The van der Waals surface area contributed by atoms with Crippen LogP contribution in [0.1, 0.15) is 36.2 Å². The molecule has 1 aromatic heterocycles. The average Bonchev–Trinajstić information content (AvgIpc) is 3.21. The topological polar surface area (TPSA) is 41.1 Å². The van der Waals surface area contributed by atoms with Crippen LogP contribution in [0, 0.1) is 12.8 Å². The third kappa shape index (κ3) is 3.45. The zero-order chi connectivity index (χ0) is 14.8. The van der Waals surface area contributed by atoms with Crippen LogP contribution in [-0.2, 0) is 4.79 Å². The zero-order valence-corrected chi connectivity index (χ0v) is 13.2. The minimum Gasteiger partial charge on any atom is -0.378 e. The van der Waals surface area contributed by atoms with Gasteiger partial charge in [-0.25, -0.2) is 0 Å². The number of nitrogens with one attached hydrogen (secondary N) is 2. The predicted molar refractivity (Wildman–Crippen MR) is 88.9 cm³/mol. The fraction of sp³-hybridized carbons (Fsp3) is 0.353. The van der Waals surface area contributed by atoms with E-state index in [0.717, 1.165) is 24.2 Å². The van der Waals surface area contributed by atoms with Crippen molar-refractivity contribution in [3.05, 3.63) is 46.2 Å². The van der Waals surface area contributed by atoms with Gasteiger partial charge in [-0.2, -0.15) is 0 Å². The van der Waals surface area contributed by atoms with Gasteiger partial charge in [0.1, 0.15) is 0 Å². The van der Waals surface area contributed by atoms with Gasteiger partial charge in [-0.15, -0.1) is 11.3 Å². The average molecular weight is 300 g/mol. The van der Waals surface area contributed by atoms with Crippen LogP contribution in [0.25, 0.3) is 0 Å². The standard InChI is InChI=1S/C17H20N2OS/c1-11-8-9-21-16(11)12(2)18-14-4-3-5-15(10-14)19-17(20)13-6-7-13/h3-5,8-10,12-13,18H,6-7H2,1-2H3,(H,19,20). The van der Waals surface area contributed by atoms with Gasteiger partial charge in [-0.05, 0) is 61.9 Å². The van der Waals surface area contributed by atoms with E-state index in [-0.39, 0.29) is 17.9 Å². The zero-order valence-electron chi connectivity index (χ0n) is 12.3. The molecule has 1 unspecified atom stereocenters. The van der Waals surface area contributed by atoms with Crippen LogP contribution in [0.2, 0.25) is 0 Å². The summed E-state index contributed by atoms with van der Waals surface area (Å²) in [4.78, 5) is 13.2. The highest BCUT2D eigenvalue weighted by molar-refractivity contribution is 7.10. The summed E-state index contributed by atoms with van der Waals surface area (Å²) in [6, 6.07) is 10.3. The van der Waals surface area contributed by atoms with Crippen molar-refractivity contribution in [2.45, 2.75) is 32.7 Å². The highest BCUT2D eigenvalue weighted by Gasteiger charge is 2.29. The fourth-order valence-electron chi connectivity index (χ4n) is 2.42. The fourth-order valence-corrected chi connectivity index (χ4v) is 3.36. The van der Waals surface area contributed by atoms with Crippen LogP contribution in [0.3, 0.4) is 0 Å². The molecule has 1 fully saturated rings. The van der Waals surface area contributed by atoms with Crippen LogP contribution < -0.4 is 10.6 Å². The Bertz CT molecular complexity index is 646. The van der Waals surface area contributed by atoms with Crippen molar-refractivity contribution >= 4 is 28.6 Å². The van der Waals surface area contributed by atoms with Crippen molar-refractivity contribution in [2.24, 2.45) is 5.92 Å². The molecule has 0 bridgehead atoms. The first-order valence-corrected chi connectivity index (χ1v) is 8.23. The summed E-state index contributed by atoms with van der Waals surface area (Å²) in [7, 11) is 0. The maximum Gasteiger partial charge on any atom is 0.227 e. The van der Waals surface area contributed by atoms with E-state index in [4.69, 9.17) is 0 Å². The minimum atomic E-state index is 0.147. The van der Waals surface area contributed by atoms with Gasteiger partial charge in [-0.1, -0.05) is 6.07 Å². The van der Waals surface area contributed by atoms with Gasteiger partial charge < -0.3 is 10.6 Å². The molecular formula is C17H20N2OS. The molecule has 21 heavy (non-hydrogen) atoms. The number of carbonyl (C=O) groups is 1. The SMILES string of the molecule is Cc1ccsc1C(C)Nc1cccc(NC(=O)C2CC2)c1. The van der Waals surface area contributed by atoms with Crippen LogP contribution in [0.4, 0.5) is 11.4 Å². The molecule has 1 saturated carbocycles. The molecule has 3 rings (SSSR count). The maximum atomic E-state index is 11.8. The van der Waals surface area contributed by atoms with Crippen molar-refractivity contribution in [1.29, 1.82) is 0 Å². The molecule has 3 nitrogen and oxygen atoms in total. The van der Waals surface area contributed by atoms with Gasteiger partial charge in [0, 0.05) is 22.2 Å². The molecular weight excluding hydrogens is 280 g/mol. The number of anilines is 2. The molecule has 1 atom stereocenters. The summed E-state index contributed by atoms with van der Waals surface area (Å²) < 4.78 is 0. The molecule has 2 N–H and O–H groups in total. The third-order valence-electron chi connectivity index (χ3n) is 3.76. The Hall–Kier alpha value is -1.81. The van der Waals surface area contributed by atoms with Gasteiger partial charge >= 0.3 is 0 Å². The van der Waals surface area contributed by atoms with E-state index >= 15 is 0 Å². The molecule has 0 spiro atoms. The largest absolute Gasteiger partial charge is 0.378 e. The highest BCUT2D eigenvalue weighted by atomic mass is 32.1. The molecule has 0 radical (unpaired) electrons. The first kappa shape index (κ1) is 14.1. The summed E-state index contributed by atoms with van der Waals surface area (Å²) >= 11 is 1.77. The van der Waals surface area contributed by atoms with E-state index < -0.39 is 0 Å². The van der Waals surface area contributed by atoms with E-state index in [1.807, 2.05) is 24.3 Å². The number of rotatable bonds is 5. The third-order valence-corrected chi connectivity index (χ3v) is 4.96. The minimum absolute atomic E-state index is 0.147. The Kier molecular flexibility index (Phi) is 3.97. The van der Waals surface area contributed by atoms with E-state index in [2.05, 4.69) is 35.9 Å². The molecule has 0 aliphatic heterocycles. The highest BCUT2D eigenvalue weighted by Crippen LogP contribution is 2.31. The van der Waals surface area contributed by atoms with Gasteiger partial charge in [0.25, 0.3) is 0 Å². The van der Waals surface area contributed by atoms with Crippen molar-refractivity contribution in [3.63, 3.8) is 0 Å². The second-order valence-electron chi connectivity index (χ2n) is 5.68. The molecule has 1 aliphatic carbocycles. The number of amides is 1. The second kappa shape index (κ2) is 5.90. The quantitative estimate of drug-likeness (QED) is 0.848. The van der Waals surface area contributed by atoms with Crippen molar-refractivity contribution in [3.8, 4) is 0 Å². The first-order valence-electron chi connectivity index (χ1n) is 7.35. The van der Waals surface area contributed by atoms with E-state index in [9.17, 15) is 4.79 Å². The monoisotopic (exact) mass is 300 g/mol. The molecule has 1 heterocycles. The Labute approximate surface area is 129 Å². The van der Waals surface area contributed by atoms with Crippen molar-refractivity contribution in [1.82, 2.24) is 0 Å². The van der Waals surface area contributed by atoms with Gasteiger partial charge in [0.05, 0.1) is 6.04 Å². The van der Waals surface area contributed by atoms with E-state index in [1.54, 1.807) is 11.3 Å². The second-order valence-corrected chi connectivity index (χ2v) is 6.63. The number of benzene rings is 1. The smallest absolute Gasteiger partial charge is 0.227 e. The number of thiophene rings is 1. The van der Waals surface area contributed by atoms with Crippen LogP contribution in [0.5, 0.6) is 0 Å². The summed E-state index contributed by atoms with van der Waals surface area (Å²) in [6.45, 7) is 4.30. The summed E-state index contributed by atoms with van der Waals surface area (Å²) in [6.07, 6.45) is 2.05. The number of hydrogen-bond acceptors (Lipinski definition) is 3. The lowest BCUT2D eigenvalue weighted by Gasteiger charge is -2.16. The normalized spacial score (nSPS) is 15.5. The molecule has 110 valence electrons. The molecule has 1 aliphatic rings. The predicted octanol–water partition coefficient (Wildman–Crippen LogP) is 4.58. The van der Waals surface area contributed by atoms with Crippen LogP contribution >= 0.6 is 11.3 Å². The molecule has 4 heteroatoms. The van der Waals surface area contributed by atoms with E-state index in [1.165, 1.54) is 10.4 Å². The molecule has 2 aromatic rings. The van der Waals surface area contributed by atoms with Crippen molar-refractivity contribution < 1.29 is 4.79 Å². The van der Waals surface area contributed by atoms with Gasteiger partial charge in [0.2, 0.25) is 5.91 Å². The lowest BCUT2D eigenvalue weighted by atomic mass is 10.1. The van der Waals surface area contributed by atoms with Gasteiger partial charge in [-0.3, -0.25) is 4.79 Å². The Balaban J connectivity index is 1.68. The summed E-state index contributed by atoms with van der Waals surface area (Å²) in [5, 5.41) is 8.61. The Morgan fingerprint density at radius 3 is 2.71 bits per heavy atom. The number of aryl methyl sites for hydroxylation is 1. The van der Waals surface area contributed by atoms with Crippen LogP contribution in [0.15, 0.2) is 35.7 Å². The maximum absolute atomic E-state index is 11.8. The first-order chi connectivity index (χ1) is 10.1. The molecule has 0 saturated heterocycles. The van der Waals surface area contributed by atoms with Crippen LogP contribution in [-0.4, -0.2) is 5.91 Å². The lowest BCUT2D eigenvalue weighted by molar-refractivity contribution is -0.117. The lowest BCUT2D eigenvalue weighted by Crippen LogP contribution is -2.13. The van der Waals surface area contributed by atoms with E-state index in [0.29, 0.717) is 0 Å².